The minimum atomic E-state index is -0.189. The third-order valence-electron chi connectivity index (χ3n) is 2.03. The molecule has 0 bridgehead atoms. The van der Waals surface area contributed by atoms with Crippen molar-refractivity contribution in [1.29, 1.82) is 0 Å². The van der Waals surface area contributed by atoms with Crippen LogP contribution in [0.15, 0.2) is 30.4 Å². The Morgan fingerprint density at radius 3 is 2.88 bits per heavy atom. The lowest BCUT2D eigenvalue weighted by atomic mass is 10.2. The number of rotatable bonds is 5. The van der Waals surface area contributed by atoms with Crippen molar-refractivity contribution in [3.8, 4) is 5.75 Å². The molecule has 0 spiro atoms. The second kappa shape index (κ2) is 6.30. The van der Waals surface area contributed by atoms with Crippen LogP contribution in [0.3, 0.4) is 0 Å². The molecular weight excluding hydrogens is 238 g/mol. The Labute approximate surface area is 106 Å². The minimum Gasteiger partial charge on any atom is -0.482 e. The predicted octanol–water partition coefficient (Wildman–Crippen LogP) is 2.72. The first-order chi connectivity index (χ1) is 7.99. The number of carbonyl (C=O) groups is 1. The quantitative estimate of drug-likeness (QED) is 0.820. The fourth-order valence-corrected chi connectivity index (χ4v) is 1.34. The van der Waals surface area contributed by atoms with Crippen LogP contribution in [0, 0.1) is 6.92 Å². The Bertz CT molecular complexity index is 429. The van der Waals surface area contributed by atoms with Gasteiger partial charge in [0.15, 0.2) is 6.61 Å². The highest BCUT2D eigenvalue weighted by molar-refractivity contribution is 6.32. The van der Waals surface area contributed by atoms with Gasteiger partial charge in [-0.3, -0.25) is 4.79 Å². The molecule has 92 valence electrons. The standard InChI is InChI=1S/C13H16ClNO2/c1-9(2)7-15-13(16)8-17-12-6-10(3)4-5-11(12)14/h4-6H,1,7-8H2,2-3H3,(H,15,16). The number of nitrogens with one attached hydrogen (secondary N) is 1. The van der Waals surface area contributed by atoms with Gasteiger partial charge in [0.25, 0.3) is 5.91 Å². The molecule has 0 radical (unpaired) electrons. The molecular formula is C13H16ClNO2. The summed E-state index contributed by atoms with van der Waals surface area (Å²) in [5.41, 5.74) is 1.93. The Kier molecular flexibility index (Phi) is 5.04. The van der Waals surface area contributed by atoms with Crippen LogP contribution in [-0.4, -0.2) is 19.1 Å². The number of carbonyl (C=O) groups excluding carboxylic acids is 1. The van der Waals surface area contributed by atoms with Crippen molar-refractivity contribution in [3.63, 3.8) is 0 Å². The van der Waals surface area contributed by atoms with Gasteiger partial charge in [-0.2, -0.15) is 0 Å². The van der Waals surface area contributed by atoms with Crippen molar-refractivity contribution in [2.24, 2.45) is 0 Å². The molecule has 17 heavy (non-hydrogen) atoms. The van der Waals surface area contributed by atoms with Crippen molar-refractivity contribution in [2.75, 3.05) is 13.2 Å². The fourth-order valence-electron chi connectivity index (χ4n) is 1.16. The topological polar surface area (TPSA) is 38.3 Å². The van der Waals surface area contributed by atoms with Gasteiger partial charge in [0, 0.05) is 6.54 Å². The molecule has 1 aromatic rings. The van der Waals surface area contributed by atoms with Gasteiger partial charge in [-0.25, -0.2) is 0 Å². The maximum Gasteiger partial charge on any atom is 0.258 e. The lowest BCUT2D eigenvalue weighted by molar-refractivity contribution is -0.122. The lowest BCUT2D eigenvalue weighted by Gasteiger charge is -2.09. The molecule has 0 aromatic heterocycles. The fraction of sp³-hybridized carbons (Fsp3) is 0.308. The van der Waals surface area contributed by atoms with E-state index in [-0.39, 0.29) is 12.5 Å². The van der Waals surface area contributed by atoms with Crippen LogP contribution in [0.5, 0.6) is 5.75 Å². The van der Waals surface area contributed by atoms with E-state index in [9.17, 15) is 4.79 Å². The number of ether oxygens (including phenoxy) is 1. The monoisotopic (exact) mass is 253 g/mol. The maximum atomic E-state index is 11.4. The molecule has 0 atom stereocenters. The van der Waals surface area contributed by atoms with Gasteiger partial charge >= 0.3 is 0 Å². The summed E-state index contributed by atoms with van der Waals surface area (Å²) in [6, 6.07) is 5.43. The predicted molar refractivity (Wildman–Crippen MR) is 69.5 cm³/mol. The minimum absolute atomic E-state index is 0.0452. The van der Waals surface area contributed by atoms with E-state index >= 15 is 0 Å². The van der Waals surface area contributed by atoms with Gasteiger partial charge in [0.05, 0.1) is 5.02 Å². The molecule has 3 nitrogen and oxygen atoms in total. The number of benzene rings is 1. The zero-order valence-corrected chi connectivity index (χ0v) is 10.8. The first kappa shape index (κ1) is 13.6. The van der Waals surface area contributed by atoms with Crippen LogP contribution in [-0.2, 0) is 4.79 Å². The summed E-state index contributed by atoms with van der Waals surface area (Å²) in [5, 5.41) is 3.18. The van der Waals surface area contributed by atoms with E-state index in [1.807, 2.05) is 19.9 Å². The maximum absolute atomic E-state index is 11.4. The average molecular weight is 254 g/mol. The molecule has 0 saturated heterocycles. The molecule has 1 N–H and O–H groups in total. The second-order valence-electron chi connectivity index (χ2n) is 3.96. The van der Waals surface area contributed by atoms with Gasteiger partial charge < -0.3 is 10.1 Å². The summed E-state index contributed by atoms with van der Waals surface area (Å²) < 4.78 is 5.34. The Balaban J connectivity index is 2.47. The van der Waals surface area contributed by atoms with E-state index < -0.39 is 0 Å². The molecule has 0 aliphatic rings. The third-order valence-corrected chi connectivity index (χ3v) is 2.35. The van der Waals surface area contributed by atoms with E-state index in [1.165, 1.54) is 0 Å². The number of hydrogen-bond acceptors (Lipinski definition) is 2. The number of halogens is 1. The van der Waals surface area contributed by atoms with Crippen molar-refractivity contribution >= 4 is 17.5 Å². The summed E-state index contributed by atoms with van der Waals surface area (Å²) in [6.07, 6.45) is 0. The van der Waals surface area contributed by atoms with Crippen molar-refractivity contribution in [3.05, 3.63) is 40.9 Å². The molecule has 0 saturated carbocycles. The van der Waals surface area contributed by atoms with Gasteiger partial charge in [-0.1, -0.05) is 29.8 Å². The normalized spacial score (nSPS) is 9.82. The van der Waals surface area contributed by atoms with Crippen LogP contribution in [0.25, 0.3) is 0 Å². The van der Waals surface area contributed by atoms with Crippen molar-refractivity contribution in [1.82, 2.24) is 5.32 Å². The van der Waals surface area contributed by atoms with E-state index in [0.29, 0.717) is 17.3 Å². The summed E-state index contributed by atoms with van der Waals surface area (Å²) in [5.74, 6) is 0.336. The van der Waals surface area contributed by atoms with Gasteiger partial charge in [0.2, 0.25) is 0 Å². The zero-order chi connectivity index (χ0) is 12.8. The molecule has 1 rings (SSSR count). The Morgan fingerprint density at radius 1 is 1.53 bits per heavy atom. The van der Waals surface area contributed by atoms with Crippen LogP contribution in [0.1, 0.15) is 12.5 Å². The molecule has 0 aliphatic heterocycles. The molecule has 0 heterocycles. The van der Waals surface area contributed by atoms with Crippen LogP contribution >= 0.6 is 11.6 Å². The largest absolute Gasteiger partial charge is 0.482 e. The highest BCUT2D eigenvalue weighted by Crippen LogP contribution is 2.24. The number of aryl methyl sites for hydroxylation is 1. The van der Waals surface area contributed by atoms with E-state index in [0.717, 1.165) is 11.1 Å². The number of amides is 1. The lowest BCUT2D eigenvalue weighted by Crippen LogP contribution is -2.30. The summed E-state index contributed by atoms with van der Waals surface area (Å²) in [4.78, 5) is 11.4. The van der Waals surface area contributed by atoms with Gasteiger partial charge in [-0.05, 0) is 31.5 Å². The van der Waals surface area contributed by atoms with Crippen LogP contribution in [0.2, 0.25) is 5.02 Å². The smallest absolute Gasteiger partial charge is 0.258 e. The van der Waals surface area contributed by atoms with Gasteiger partial charge in [0.1, 0.15) is 5.75 Å². The Hall–Kier alpha value is -1.48. The molecule has 4 heteroatoms. The first-order valence-electron chi connectivity index (χ1n) is 5.29. The van der Waals surface area contributed by atoms with Crippen LogP contribution < -0.4 is 10.1 Å². The van der Waals surface area contributed by atoms with Crippen LogP contribution in [0.4, 0.5) is 0 Å². The van der Waals surface area contributed by atoms with Crippen molar-refractivity contribution in [2.45, 2.75) is 13.8 Å². The van der Waals surface area contributed by atoms with E-state index in [4.69, 9.17) is 16.3 Å². The molecule has 1 amide bonds. The molecule has 0 aliphatic carbocycles. The third kappa shape index (κ3) is 4.91. The molecule has 1 aromatic carbocycles. The van der Waals surface area contributed by atoms with E-state index in [1.54, 1.807) is 12.1 Å². The van der Waals surface area contributed by atoms with Crippen molar-refractivity contribution < 1.29 is 9.53 Å². The molecule has 0 fully saturated rings. The highest BCUT2D eigenvalue weighted by atomic mass is 35.5. The SMILES string of the molecule is C=C(C)CNC(=O)COc1cc(C)ccc1Cl. The summed E-state index contributed by atoms with van der Waals surface area (Å²) in [7, 11) is 0. The number of hydrogen-bond donors (Lipinski definition) is 1. The van der Waals surface area contributed by atoms with E-state index in [2.05, 4.69) is 11.9 Å². The van der Waals surface area contributed by atoms with Gasteiger partial charge in [-0.15, -0.1) is 0 Å². The first-order valence-corrected chi connectivity index (χ1v) is 5.67. The average Bonchev–Trinajstić information content (AvgIpc) is 2.27. The second-order valence-corrected chi connectivity index (χ2v) is 4.36. The Morgan fingerprint density at radius 2 is 2.24 bits per heavy atom. The highest BCUT2D eigenvalue weighted by Gasteiger charge is 2.05. The zero-order valence-electron chi connectivity index (χ0n) is 10.0. The molecule has 0 unspecified atom stereocenters. The summed E-state index contributed by atoms with van der Waals surface area (Å²) >= 11 is 5.94. The summed E-state index contributed by atoms with van der Waals surface area (Å²) in [6.45, 7) is 7.89.